The third kappa shape index (κ3) is 4.00. The van der Waals surface area contributed by atoms with Gasteiger partial charge in [0, 0.05) is 19.7 Å². The van der Waals surface area contributed by atoms with E-state index in [1.54, 1.807) is 45.6 Å². The Balaban J connectivity index is 1.43. The van der Waals surface area contributed by atoms with Gasteiger partial charge in [0.2, 0.25) is 11.5 Å². The van der Waals surface area contributed by atoms with Crippen molar-refractivity contribution in [2.45, 2.75) is 25.5 Å². The second-order valence-electron chi connectivity index (χ2n) is 8.24. The van der Waals surface area contributed by atoms with Gasteiger partial charge in [-0.15, -0.1) is 0 Å². The molecule has 8 nitrogen and oxygen atoms in total. The van der Waals surface area contributed by atoms with E-state index in [0.29, 0.717) is 47.4 Å². The average Bonchev–Trinajstić information content (AvgIpc) is 3.46. The van der Waals surface area contributed by atoms with E-state index in [4.69, 9.17) is 28.4 Å². The van der Waals surface area contributed by atoms with Crippen molar-refractivity contribution in [1.82, 2.24) is 4.90 Å². The van der Waals surface area contributed by atoms with E-state index in [-0.39, 0.29) is 17.6 Å². The summed E-state index contributed by atoms with van der Waals surface area (Å²) < 4.78 is 34.1. The Morgan fingerprint density at radius 1 is 1.12 bits per heavy atom. The molecule has 3 heterocycles. The fourth-order valence-corrected chi connectivity index (χ4v) is 4.53. The van der Waals surface area contributed by atoms with Gasteiger partial charge in [-0.2, -0.15) is 0 Å². The minimum atomic E-state index is -0.169. The molecule has 1 saturated heterocycles. The van der Waals surface area contributed by atoms with Crippen LogP contribution in [0, 0.1) is 0 Å². The number of carbonyl (C=O) groups excluding carboxylic acids is 1. The number of benzene rings is 2. The van der Waals surface area contributed by atoms with Crippen LogP contribution < -0.4 is 23.7 Å². The van der Waals surface area contributed by atoms with Crippen LogP contribution in [0.2, 0.25) is 0 Å². The summed E-state index contributed by atoms with van der Waals surface area (Å²) in [4.78, 5) is 15.3. The second kappa shape index (κ2) is 8.96. The van der Waals surface area contributed by atoms with Crippen molar-refractivity contribution in [3.63, 3.8) is 0 Å². The van der Waals surface area contributed by atoms with Crippen LogP contribution in [0.15, 0.2) is 30.0 Å². The van der Waals surface area contributed by atoms with Gasteiger partial charge in [0.1, 0.15) is 18.2 Å². The zero-order valence-electron chi connectivity index (χ0n) is 19.0. The molecule has 1 fully saturated rings. The first kappa shape index (κ1) is 21.6. The van der Waals surface area contributed by atoms with Crippen LogP contribution in [0.4, 0.5) is 0 Å². The van der Waals surface area contributed by atoms with Crippen LogP contribution in [0.1, 0.15) is 34.3 Å². The second-order valence-corrected chi connectivity index (χ2v) is 8.24. The topological polar surface area (TPSA) is 75.7 Å². The first-order valence-corrected chi connectivity index (χ1v) is 11.0. The molecule has 5 rings (SSSR count). The van der Waals surface area contributed by atoms with Gasteiger partial charge in [-0.25, -0.2) is 0 Å². The molecule has 0 saturated carbocycles. The van der Waals surface area contributed by atoms with Crippen molar-refractivity contribution in [1.29, 1.82) is 0 Å². The smallest absolute Gasteiger partial charge is 0.231 e. The highest BCUT2D eigenvalue weighted by Crippen LogP contribution is 2.43. The molecule has 3 aliphatic heterocycles. The lowest BCUT2D eigenvalue weighted by atomic mass is 10.0. The zero-order chi connectivity index (χ0) is 22.9. The highest BCUT2D eigenvalue weighted by molar-refractivity contribution is 6.15. The Morgan fingerprint density at radius 2 is 1.91 bits per heavy atom. The maximum absolute atomic E-state index is 13.1. The highest BCUT2D eigenvalue weighted by atomic mass is 16.5. The Kier molecular flexibility index (Phi) is 5.86. The fourth-order valence-electron chi connectivity index (χ4n) is 4.53. The van der Waals surface area contributed by atoms with Gasteiger partial charge in [-0.05, 0) is 48.7 Å². The molecule has 33 heavy (non-hydrogen) atoms. The summed E-state index contributed by atoms with van der Waals surface area (Å²) in [5.74, 6) is 2.88. The predicted octanol–water partition coefficient (Wildman–Crippen LogP) is 3.66. The molecule has 174 valence electrons. The highest BCUT2D eigenvalue weighted by Gasteiger charge is 2.34. The maximum Gasteiger partial charge on any atom is 0.231 e. The molecule has 0 aliphatic carbocycles. The van der Waals surface area contributed by atoms with Crippen LogP contribution in [0.5, 0.6) is 28.7 Å². The molecule has 0 unspecified atom stereocenters. The summed E-state index contributed by atoms with van der Waals surface area (Å²) >= 11 is 0. The number of nitrogens with zero attached hydrogens (tertiary/aromatic N) is 1. The number of fused-ring (bicyclic) bond motifs is 3. The summed E-state index contributed by atoms with van der Waals surface area (Å²) in [5.41, 5.74) is 2.12. The molecule has 3 aliphatic rings. The Hall–Kier alpha value is -3.23. The van der Waals surface area contributed by atoms with Crippen LogP contribution in [0.3, 0.4) is 0 Å². The molecule has 0 N–H and O–H groups in total. The van der Waals surface area contributed by atoms with Crippen molar-refractivity contribution < 1.29 is 33.2 Å². The summed E-state index contributed by atoms with van der Waals surface area (Å²) in [6.45, 7) is 2.75. The van der Waals surface area contributed by atoms with Gasteiger partial charge in [-0.1, -0.05) is 0 Å². The van der Waals surface area contributed by atoms with Crippen molar-refractivity contribution in [3.8, 4) is 28.7 Å². The number of allylic oxidation sites excluding steroid dienone is 1. The summed E-state index contributed by atoms with van der Waals surface area (Å²) in [6, 6.07) is 7.16. The molecule has 0 aromatic heterocycles. The van der Waals surface area contributed by atoms with Crippen LogP contribution in [0.25, 0.3) is 6.08 Å². The number of rotatable bonds is 6. The maximum atomic E-state index is 13.1. The predicted molar refractivity (Wildman–Crippen MR) is 120 cm³/mol. The lowest BCUT2D eigenvalue weighted by Crippen LogP contribution is -2.37. The number of hydrogen-bond donors (Lipinski definition) is 0. The fraction of sp³-hybridized carbons (Fsp3) is 0.400. The first-order valence-electron chi connectivity index (χ1n) is 11.0. The average molecular weight is 453 g/mol. The summed E-state index contributed by atoms with van der Waals surface area (Å²) in [5, 5.41) is 0. The largest absolute Gasteiger partial charge is 0.493 e. The van der Waals surface area contributed by atoms with E-state index >= 15 is 0 Å². The quantitative estimate of drug-likeness (QED) is 0.614. The molecule has 0 radical (unpaired) electrons. The van der Waals surface area contributed by atoms with E-state index < -0.39 is 0 Å². The van der Waals surface area contributed by atoms with Crippen molar-refractivity contribution >= 4 is 11.9 Å². The monoisotopic (exact) mass is 453 g/mol. The van der Waals surface area contributed by atoms with Crippen LogP contribution >= 0.6 is 0 Å². The van der Waals surface area contributed by atoms with Gasteiger partial charge >= 0.3 is 0 Å². The van der Waals surface area contributed by atoms with Gasteiger partial charge < -0.3 is 28.4 Å². The number of ketones is 1. The third-order valence-corrected chi connectivity index (χ3v) is 6.15. The van der Waals surface area contributed by atoms with Crippen molar-refractivity contribution in [3.05, 3.63) is 46.7 Å². The third-order valence-electron chi connectivity index (χ3n) is 6.15. The Morgan fingerprint density at radius 3 is 2.58 bits per heavy atom. The zero-order valence-corrected chi connectivity index (χ0v) is 19.0. The molecule has 0 bridgehead atoms. The molecule has 0 spiro atoms. The molecule has 2 aromatic rings. The number of ether oxygens (including phenoxy) is 6. The van der Waals surface area contributed by atoms with Crippen molar-refractivity contribution in [2.75, 3.05) is 41.2 Å². The van der Waals surface area contributed by atoms with E-state index in [9.17, 15) is 4.79 Å². The Bertz CT molecular complexity index is 1080. The molecule has 1 atom stereocenters. The molecule has 0 amide bonds. The lowest BCUT2D eigenvalue weighted by Gasteiger charge is -2.31. The summed E-state index contributed by atoms with van der Waals surface area (Å²) in [7, 11) is 4.65. The summed E-state index contributed by atoms with van der Waals surface area (Å²) in [6.07, 6.45) is 4.07. The lowest BCUT2D eigenvalue weighted by molar-refractivity contribution is 0.0274. The Labute approximate surface area is 192 Å². The number of Topliss-reactive ketones (excluding diaryl/α,β-unsaturated/α-hetero) is 1. The van der Waals surface area contributed by atoms with E-state index in [1.165, 1.54) is 0 Å². The minimum absolute atomic E-state index is 0.169. The number of methoxy groups -OCH3 is 3. The molecular weight excluding hydrogens is 426 g/mol. The van der Waals surface area contributed by atoms with E-state index in [0.717, 1.165) is 37.3 Å². The standard InChI is InChI=1S/C25H27NO7/c1-28-21-10-15(11-22(29-2)25(21)30-3)9-20-23(27)17-6-7-19-18(24(17)33-20)13-26(14-32-19)12-16-5-4-8-31-16/h6-7,9-11,16H,4-5,8,12-14H2,1-3H3/t16-/m0/s1. The van der Waals surface area contributed by atoms with E-state index in [1.807, 2.05) is 6.07 Å². The SMILES string of the molecule is COc1cc(C=C2Oc3c(ccc4c3CN(C[C@@H]3CCCO3)CO4)C2=O)cc(OC)c1OC. The molecule has 8 heteroatoms. The van der Waals surface area contributed by atoms with Crippen molar-refractivity contribution in [2.24, 2.45) is 0 Å². The first-order chi connectivity index (χ1) is 16.1. The normalized spacial score (nSPS) is 20.8. The molecular formula is C25H27NO7. The van der Waals surface area contributed by atoms with Crippen LogP contribution in [-0.2, 0) is 11.3 Å². The van der Waals surface area contributed by atoms with Crippen LogP contribution in [-0.4, -0.2) is 58.0 Å². The molecule has 2 aromatic carbocycles. The van der Waals surface area contributed by atoms with Gasteiger partial charge in [0.25, 0.3) is 0 Å². The van der Waals surface area contributed by atoms with E-state index in [2.05, 4.69) is 4.90 Å². The van der Waals surface area contributed by atoms with Gasteiger partial charge in [0.15, 0.2) is 17.3 Å². The number of carbonyl (C=O) groups is 1. The minimum Gasteiger partial charge on any atom is -0.493 e. The van der Waals surface area contributed by atoms with Gasteiger partial charge in [0.05, 0.1) is 38.6 Å². The van der Waals surface area contributed by atoms with Gasteiger partial charge in [-0.3, -0.25) is 9.69 Å². The number of hydrogen-bond acceptors (Lipinski definition) is 8.